The first-order valence-electron chi connectivity index (χ1n) is 6.75. The molecule has 1 heterocycles. The molecule has 20 heavy (non-hydrogen) atoms. The van der Waals surface area contributed by atoms with Gasteiger partial charge in [-0.25, -0.2) is 4.98 Å². The fourth-order valence-electron chi connectivity index (χ4n) is 2.01. The van der Waals surface area contributed by atoms with E-state index in [0.717, 1.165) is 30.9 Å². The van der Waals surface area contributed by atoms with E-state index in [1.54, 1.807) is 6.20 Å². The number of nitrogens with zero attached hydrogens (tertiary/aromatic N) is 3. The fraction of sp³-hybridized carbons (Fsp3) is 0.400. The van der Waals surface area contributed by atoms with E-state index in [2.05, 4.69) is 27.6 Å². The monoisotopic (exact) mass is 275 g/mol. The Hall–Kier alpha value is -1.85. The zero-order valence-corrected chi connectivity index (χ0v) is 11.8. The van der Waals surface area contributed by atoms with Crippen LogP contribution in [0.4, 0.5) is 0 Å². The lowest BCUT2D eigenvalue weighted by molar-refractivity contribution is 0.198. The predicted molar refractivity (Wildman–Crippen MR) is 77.6 cm³/mol. The molecule has 2 aromatic rings. The van der Waals surface area contributed by atoms with Crippen LogP contribution in [-0.4, -0.2) is 46.4 Å². The van der Waals surface area contributed by atoms with Crippen LogP contribution in [0.15, 0.2) is 43.0 Å². The number of aliphatic hydroxyl groups excluding tert-OH is 1. The number of hydrogen-bond donors (Lipinski definition) is 1. The Kier molecular flexibility index (Phi) is 5.58. The molecule has 0 saturated heterocycles. The topological polar surface area (TPSA) is 50.5 Å². The zero-order chi connectivity index (χ0) is 14.2. The molecular weight excluding hydrogens is 254 g/mol. The van der Waals surface area contributed by atoms with Crippen molar-refractivity contribution in [2.24, 2.45) is 0 Å². The Labute approximate surface area is 119 Å². The molecule has 0 fully saturated rings. The van der Waals surface area contributed by atoms with Gasteiger partial charge in [0.25, 0.3) is 0 Å². The Morgan fingerprint density at radius 3 is 2.95 bits per heavy atom. The number of imidazole rings is 1. The van der Waals surface area contributed by atoms with Gasteiger partial charge < -0.3 is 19.3 Å². The molecule has 1 aromatic heterocycles. The van der Waals surface area contributed by atoms with Crippen LogP contribution in [-0.2, 0) is 13.1 Å². The summed E-state index contributed by atoms with van der Waals surface area (Å²) < 4.78 is 7.61. The van der Waals surface area contributed by atoms with Gasteiger partial charge in [-0.05, 0) is 13.1 Å². The fourth-order valence-corrected chi connectivity index (χ4v) is 2.01. The molecule has 0 saturated carbocycles. The Balaban J connectivity index is 1.88. The minimum atomic E-state index is 0.0325. The van der Waals surface area contributed by atoms with E-state index in [9.17, 15) is 0 Å². The lowest BCUT2D eigenvalue weighted by Crippen LogP contribution is -2.23. The number of rotatable bonds is 8. The third kappa shape index (κ3) is 4.36. The second kappa shape index (κ2) is 7.67. The molecule has 108 valence electrons. The number of aliphatic hydroxyl groups is 1. The average molecular weight is 275 g/mol. The molecule has 0 radical (unpaired) electrons. The maximum absolute atomic E-state index is 8.85. The van der Waals surface area contributed by atoms with Crippen molar-refractivity contribution in [2.45, 2.75) is 13.1 Å². The largest absolute Gasteiger partial charge is 0.491 e. The van der Waals surface area contributed by atoms with Crippen molar-refractivity contribution in [3.8, 4) is 5.75 Å². The third-order valence-corrected chi connectivity index (χ3v) is 3.06. The molecule has 0 unspecified atom stereocenters. The Morgan fingerprint density at radius 1 is 1.35 bits per heavy atom. The second-order valence-electron chi connectivity index (χ2n) is 4.72. The number of aromatic nitrogens is 2. The first kappa shape index (κ1) is 14.6. The molecule has 0 aliphatic heterocycles. The van der Waals surface area contributed by atoms with Crippen molar-refractivity contribution in [1.29, 1.82) is 0 Å². The van der Waals surface area contributed by atoms with Gasteiger partial charge in [-0.2, -0.15) is 0 Å². The van der Waals surface area contributed by atoms with Gasteiger partial charge in [-0.3, -0.25) is 0 Å². The molecule has 0 amide bonds. The number of hydrogen-bond acceptors (Lipinski definition) is 4. The lowest BCUT2D eigenvalue weighted by Gasteiger charge is -2.19. The summed E-state index contributed by atoms with van der Waals surface area (Å²) >= 11 is 0. The Morgan fingerprint density at radius 2 is 2.20 bits per heavy atom. The first-order chi connectivity index (χ1) is 9.79. The number of para-hydroxylation sites is 1. The third-order valence-electron chi connectivity index (χ3n) is 3.06. The van der Waals surface area contributed by atoms with E-state index in [1.807, 2.05) is 30.7 Å². The van der Waals surface area contributed by atoms with Crippen molar-refractivity contribution in [3.63, 3.8) is 0 Å². The number of ether oxygens (including phenoxy) is 1. The van der Waals surface area contributed by atoms with E-state index in [0.29, 0.717) is 6.61 Å². The molecular formula is C15H21N3O2. The van der Waals surface area contributed by atoms with E-state index in [1.165, 1.54) is 0 Å². The maximum atomic E-state index is 8.85. The smallest absolute Gasteiger partial charge is 0.123 e. The number of likely N-dealkylation sites (N-methyl/N-ethyl adjacent to an activating group) is 1. The van der Waals surface area contributed by atoms with Gasteiger partial charge in [-0.1, -0.05) is 18.2 Å². The quantitative estimate of drug-likeness (QED) is 0.791. The SMILES string of the molecule is CN(CCn1ccnc1)Cc1ccccc1OCCO. The van der Waals surface area contributed by atoms with Crippen LogP contribution in [0.5, 0.6) is 5.75 Å². The highest BCUT2D eigenvalue weighted by molar-refractivity contribution is 5.33. The van der Waals surface area contributed by atoms with Crippen LogP contribution in [0.1, 0.15) is 5.56 Å². The molecule has 0 aliphatic rings. The van der Waals surface area contributed by atoms with Gasteiger partial charge >= 0.3 is 0 Å². The normalized spacial score (nSPS) is 10.9. The van der Waals surface area contributed by atoms with Gasteiger partial charge in [0.1, 0.15) is 12.4 Å². The van der Waals surface area contributed by atoms with Crippen LogP contribution in [0.2, 0.25) is 0 Å². The minimum Gasteiger partial charge on any atom is -0.491 e. The number of benzene rings is 1. The van der Waals surface area contributed by atoms with Crippen LogP contribution < -0.4 is 4.74 Å². The highest BCUT2D eigenvalue weighted by Gasteiger charge is 2.06. The summed E-state index contributed by atoms with van der Waals surface area (Å²) in [6.07, 6.45) is 5.58. The van der Waals surface area contributed by atoms with Gasteiger partial charge in [0, 0.05) is 37.6 Å². The van der Waals surface area contributed by atoms with Crippen LogP contribution in [0.25, 0.3) is 0 Å². The van der Waals surface area contributed by atoms with E-state index < -0.39 is 0 Å². The second-order valence-corrected chi connectivity index (χ2v) is 4.72. The van der Waals surface area contributed by atoms with Crippen molar-refractivity contribution < 1.29 is 9.84 Å². The molecule has 1 aromatic carbocycles. The maximum Gasteiger partial charge on any atom is 0.123 e. The Bertz CT molecular complexity index is 500. The first-order valence-corrected chi connectivity index (χ1v) is 6.75. The van der Waals surface area contributed by atoms with Gasteiger partial charge in [0.05, 0.1) is 12.9 Å². The van der Waals surface area contributed by atoms with Crippen molar-refractivity contribution in [1.82, 2.24) is 14.5 Å². The summed E-state index contributed by atoms with van der Waals surface area (Å²) in [5, 5.41) is 8.85. The lowest BCUT2D eigenvalue weighted by atomic mass is 10.2. The van der Waals surface area contributed by atoms with Crippen LogP contribution in [0.3, 0.4) is 0 Å². The molecule has 0 spiro atoms. The summed E-state index contributed by atoms with van der Waals surface area (Å²) in [7, 11) is 2.08. The summed E-state index contributed by atoms with van der Waals surface area (Å²) in [4.78, 5) is 6.27. The molecule has 0 atom stereocenters. The summed E-state index contributed by atoms with van der Waals surface area (Å²) in [5.74, 6) is 0.844. The average Bonchev–Trinajstić information content (AvgIpc) is 2.97. The molecule has 2 rings (SSSR count). The standard InChI is InChI=1S/C15H21N3O2/c1-17(8-9-18-7-6-16-13-18)12-14-4-2-3-5-15(14)20-11-10-19/h2-7,13,19H,8-12H2,1H3. The van der Waals surface area contributed by atoms with E-state index in [4.69, 9.17) is 9.84 Å². The summed E-state index contributed by atoms with van der Waals surface area (Å²) in [6.45, 7) is 3.03. The minimum absolute atomic E-state index is 0.0325. The van der Waals surface area contributed by atoms with E-state index in [-0.39, 0.29) is 6.61 Å². The molecule has 0 aliphatic carbocycles. The summed E-state index contributed by atoms with van der Waals surface area (Å²) in [6, 6.07) is 7.95. The molecule has 5 nitrogen and oxygen atoms in total. The van der Waals surface area contributed by atoms with E-state index >= 15 is 0 Å². The molecule has 5 heteroatoms. The highest BCUT2D eigenvalue weighted by atomic mass is 16.5. The molecule has 0 bridgehead atoms. The zero-order valence-electron chi connectivity index (χ0n) is 11.8. The highest BCUT2D eigenvalue weighted by Crippen LogP contribution is 2.19. The van der Waals surface area contributed by atoms with Crippen molar-refractivity contribution in [3.05, 3.63) is 48.5 Å². The van der Waals surface area contributed by atoms with Crippen LogP contribution >= 0.6 is 0 Å². The molecule has 1 N–H and O–H groups in total. The van der Waals surface area contributed by atoms with Crippen LogP contribution in [0, 0.1) is 0 Å². The summed E-state index contributed by atoms with van der Waals surface area (Å²) in [5.41, 5.74) is 1.13. The predicted octanol–water partition coefficient (Wildman–Crippen LogP) is 1.39. The van der Waals surface area contributed by atoms with Gasteiger partial charge in [-0.15, -0.1) is 0 Å². The van der Waals surface area contributed by atoms with Gasteiger partial charge in [0.2, 0.25) is 0 Å². The van der Waals surface area contributed by atoms with Crippen molar-refractivity contribution in [2.75, 3.05) is 26.8 Å². The van der Waals surface area contributed by atoms with Crippen molar-refractivity contribution >= 4 is 0 Å². The van der Waals surface area contributed by atoms with Gasteiger partial charge in [0.15, 0.2) is 0 Å².